The van der Waals surface area contributed by atoms with Gasteiger partial charge >= 0.3 is 0 Å². The van der Waals surface area contributed by atoms with Crippen LogP contribution in [-0.4, -0.2) is 52.7 Å². The van der Waals surface area contributed by atoms with Gasteiger partial charge in [-0.3, -0.25) is 19.3 Å². The first kappa shape index (κ1) is 19.1. The molecule has 4 rings (SSSR count). The predicted molar refractivity (Wildman–Crippen MR) is 106 cm³/mol. The molecule has 1 aromatic carbocycles. The number of likely N-dealkylation sites (tertiary alicyclic amines) is 1. The summed E-state index contributed by atoms with van der Waals surface area (Å²) in [7, 11) is 0. The smallest absolute Gasteiger partial charge is 0.261 e. The van der Waals surface area contributed by atoms with Crippen molar-refractivity contribution in [1.29, 1.82) is 0 Å². The van der Waals surface area contributed by atoms with E-state index in [-0.39, 0.29) is 29.8 Å². The van der Waals surface area contributed by atoms with E-state index in [9.17, 15) is 14.4 Å². The molecule has 3 amide bonds. The molecule has 0 radical (unpaired) electrons. The predicted octanol–water partition coefficient (Wildman–Crippen LogP) is 2.81. The Morgan fingerprint density at radius 1 is 1.07 bits per heavy atom. The van der Waals surface area contributed by atoms with E-state index in [0.717, 1.165) is 44.9 Å². The van der Waals surface area contributed by atoms with Crippen molar-refractivity contribution < 1.29 is 14.4 Å². The minimum Gasteiger partial charge on any atom is -0.334 e. The quantitative estimate of drug-likeness (QED) is 0.814. The van der Waals surface area contributed by atoms with Crippen molar-refractivity contribution in [2.75, 3.05) is 13.1 Å². The van der Waals surface area contributed by atoms with E-state index in [4.69, 9.17) is 5.73 Å². The number of hydrogen-bond donors (Lipinski definition) is 1. The van der Waals surface area contributed by atoms with Gasteiger partial charge in [0.2, 0.25) is 0 Å². The Kier molecular flexibility index (Phi) is 5.23. The van der Waals surface area contributed by atoms with Gasteiger partial charge in [0.1, 0.15) is 0 Å². The Bertz CT molecular complexity index is 800. The number of nitrogens with zero attached hydrogens (tertiary/aromatic N) is 2. The van der Waals surface area contributed by atoms with E-state index >= 15 is 0 Å². The molecular formula is C22H29N3O3. The van der Waals surface area contributed by atoms with Crippen LogP contribution in [0.2, 0.25) is 0 Å². The molecular weight excluding hydrogens is 354 g/mol. The van der Waals surface area contributed by atoms with Crippen LogP contribution in [0.4, 0.5) is 0 Å². The normalized spacial score (nSPS) is 25.9. The van der Waals surface area contributed by atoms with Gasteiger partial charge in [-0.25, -0.2) is 0 Å². The Morgan fingerprint density at radius 3 is 2.50 bits per heavy atom. The summed E-state index contributed by atoms with van der Waals surface area (Å²) in [5, 5.41) is 0. The number of rotatable bonds is 3. The van der Waals surface area contributed by atoms with Crippen LogP contribution < -0.4 is 5.73 Å². The Hall–Kier alpha value is -2.21. The number of fused-ring (bicyclic) bond motifs is 1. The van der Waals surface area contributed by atoms with E-state index in [1.165, 1.54) is 4.90 Å². The zero-order chi connectivity index (χ0) is 19.8. The molecule has 1 saturated heterocycles. The standard InChI is InChI=1S/C22H29N3O3/c1-14-9-10-24(17(11-14)13-23)20(26)15-7-8-18-19(12-15)22(28)25(21(18)27)16-5-3-2-4-6-16/h7-8,12,14,16-17H,2-6,9-11,13,23H2,1H3. The van der Waals surface area contributed by atoms with Gasteiger partial charge in [-0.05, 0) is 49.8 Å². The first-order valence-corrected chi connectivity index (χ1v) is 10.5. The topological polar surface area (TPSA) is 83.7 Å². The van der Waals surface area contributed by atoms with Gasteiger partial charge in [0.15, 0.2) is 0 Å². The van der Waals surface area contributed by atoms with Gasteiger partial charge in [0.05, 0.1) is 11.1 Å². The van der Waals surface area contributed by atoms with Crippen LogP contribution in [0, 0.1) is 5.92 Å². The molecule has 2 aliphatic heterocycles. The van der Waals surface area contributed by atoms with Crippen molar-refractivity contribution in [1.82, 2.24) is 9.80 Å². The SMILES string of the molecule is CC1CCN(C(=O)c2ccc3c(c2)C(=O)N(C2CCCCC2)C3=O)C(CN)C1. The zero-order valence-electron chi connectivity index (χ0n) is 16.5. The molecule has 2 heterocycles. The van der Waals surface area contributed by atoms with Crippen LogP contribution in [0.25, 0.3) is 0 Å². The number of carbonyl (C=O) groups is 3. The second-order valence-electron chi connectivity index (χ2n) is 8.55. The second-order valence-corrected chi connectivity index (χ2v) is 8.55. The highest BCUT2D eigenvalue weighted by molar-refractivity contribution is 6.22. The number of hydrogen-bond acceptors (Lipinski definition) is 4. The summed E-state index contributed by atoms with van der Waals surface area (Å²) >= 11 is 0. The average Bonchev–Trinajstić information content (AvgIpc) is 2.97. The maximum Gasteiger partial charge on any atom is 0.261 e. The highest BCUT2D eigenvalue weighted by Gasteiger charge is 2.41. The van der Waals surface area contributed by atoms with E-state index in [2.05, 4.69) is 6.92 Å². The summed E-state index contributed by atoms with van der Waals surface area (Å²) in [6.07, 6.45) is 6.88. The molecule has 6 heteroatoms. The number of amides is 3. The lowest BCUT2D eigenvalue weighted by molar-refractivity contribution is 0.0547. The fourth-order valence-corrected chi connectivity index (χ4v) is 4.97. The Balaban J connectivity index is 1.58. The van der Waals surface area contributed by atoms with Gasteiger partial charge in [0.25, 0.3) is 17.7 Å². The summed E-state index contributed by atoms with van der Waals surface area (Å²) in [4.78, 5) is 42.2. The summed E-state index contributed by atoms with van der Waals surface area (Å²) in [6.45, 7) is 3.30. The van der Waals surface area contributed by atoms with Crippen LogP contribution in [0.1, 0.15) is 82.9 Å². The lowest BCUT2D eigenvalue weighted by Crippen LogP contribution is -2.49. The minimum absolute atomic E-state index is 0.00879. The number of nitrogens with two attached hydrogens (primary N) is 1. The van der Waals surface area contributed by atoms with Crippen LogP contribution in [0.15, 0.2) is 18.2 Å². The molecule has 2 fully saturated rings. The maximum absolute atomic E-state index is 13.1. The van der Waals surface area contributed by atoms with Crippen molar-refractivity contribution in [2.24, 2.45) is 11.7 Å². The van der Waals surface area contributed by atoms with Gasteiger partial charge in [-0.15, -0.1) is 0 Å². The van der Waals surface area contributed by atoms with E-state index < -0.39 is 0 Å². The van der Waals surface area contributed by atoms with E-state index in [1.807, 2.05) is 4.90 Å². The van der Waals surface area contributed by atoms with Gasteiger partial charge in [0, 0.05) is 30.7 Å². The van der Waals surface area contributed by atoms with Crippen molar-refractivity contribution in [2.45, 2.75) is 64.0 Å². The van der Waals surface area contributed by atoms with Crippen LogP contribution in [-0.2, 0) is 0 Å². The minimum atomic E-state index is -0.246. The highest BCUT2D eigenvalue weighted by Crippen LogP contribution is 2.32. The van der Waals surface area contributed by atoms with Gasteiger partial charge in [-0.1, -0.05) is 26.2 Å². The average molecular weight is 383 g/mol. The molecule has 0 aromatic heterocycles. The molecule has 1 aromatic rings. The van der Waals surface area contributed by atoms with Gasteiger partial charge < -0.3 is 10.6 Å². The molecule has 2 N–H and O–H groups in total. The Labute approximate surface area is 166 Å². The first-order valence-electron chi connectivity index (χ1n) is 10.5. The maximum atomic E-state index is 13.1. The fourth-order valence-electron chi connectivity index (χ4n) is 4.97. The van der Waals surface area contributed by atoms with Crippen molar-refractivity contribution in [3.05, 3.63) is 34.9 Å². The molecule has 6 nitrogen and oxygen atoms in total. The summed E-state index contributed by atoms with van der Waals surface area (Å²) in [6, 6.07) is 4.97. The zero-order valence-corrected chi connectivity index (χ0v) is 16.5. The summed E-state index contributed by atoms with van der Waals surface area (Å²) in [5.41, 5.74) is 7.17. The number of piperidine rings is 1. The summed E-state index contributed by atoms with van der Waals surface area (Å²) in [5.74, 6) is 0.00380. The monoisotopic (exact) mass is 383 g/mol. The fraction of sp³-hybridized carbons (Fsp3) is 0.591. The molecule has 2 atom stereocenters. The molecule has 0 bridgehead atoms. The van der Waals surface area contributed by atoms with E-state index in [1.54, 1.807) is 18.2 Å². The molecule has 0 spiro atoms. The largest absolute Gasteiger partial charge is 0.334 e. The third-order valence-electron chi connectivity index (χ3n) is 6.62. The van der Waals surface area contributed by atoms with Crippen molar-refractivity contribution in [3.8, 4) is 0 Å². The number of carbonyl (C=O) groups excluding carboxylic acids is 3. The second kappa shape index (κ2) is 7.66. The number of imide groups is 1. The molecule has 150 valence electrons. The van der Waals surface area contributed by atoms with Crippen LogP contribution >= 0.6 is 0 Å². The lowest BCUT2D eigenvalue weighted by atomic mass is 9.91. The molecule has 2 unspecified atom stereocenters. The molecule has 1 saturated carbocycles. The lowest BCUT2D eigenvalue weighted by Gasteiger charge is -2.38. The van der Waals surface area contributed by atoms with Crippen LogP contribution in [0.5, 0.6) is 0 Å². The Morgan fingerprint density at radius 2 is 1.79 bits per heavy atom. The molecule has 28 heavy (non-hydrogen) atoms. The van der Waals surface area contributed by atoms with Crippen molar-refractivity contribution >= 4 is 17.7 Å². The van der Waals surface area contributed by atoms with Gasteiger partial charge in [-0.2, -0.15) is 0 Å². The third kappa shape index (κ3) is 3.24. The molecule has 3 aliphatic rings. The molecule has 1 aliphatic carbocycles. The summed E-state index contributed by atoms with van der Waals surface area (Å²) < 4.78 is 0. The van der Waals surface area contributed by atoms with Crippen LogP contribution in [0.3, 0.4) is 0 Å². The third-order valence-corrected chi connectivity index (χ3v) is 6.62. The van der Waals surface area contributed by atoms with Crippen molar-refractivity contribution in [3.63, 3.8) is 0 Å². The highest BCUT2D eigenvalue weighted by atomic mass is 16.2. The first-order chi connectivity index (χ1) is 13.5. The number of benzene rings is 1. The van der Waals surface area contributed by atoms with E-state index in [0.29, 0.717) is 35.7 Å².